The number of rotatable bonds is 15. The Morgan fingerprint density at radius 3 is 1.60 bits per heavy atom. The molecule has 2 unspecified atom stereocenters. The van der Waals surface area contributed by atoms with Gasteiger partial charge >= 0.3 is 6.09 Å². The summed E-state index contributed by atoms with van der Waals surface area (Å²) in [5, 5.41) is 51.4. The topological polar surface area (TPSA) is 160 Å². The molecule has 0 bridgehead atoms. The van der Waals surface area contributed by atoms with Crippen LogP contribution < -0.4 is 16.0 Å². The number of nitrogens with one attached hydrogen (secondary N) is 3. The van der Waals surface area contributed by atoms with Crippen molar-refractivity contribution in [2.75, 3.05) is 19.7 Å². The predicted octanol–water partition coefficient (Wildman–Crippen LogP) is 1.93. The lowest BCUT2D eigenvalue weighted by Gasteiger charge is -2.38. The van der Waals surface area contributed by atoms with Crippen LogP contribution >= 0.6 is 0 Å². The van der Waals surface area contributed by atoms with E-state index < -0.39 is 59.5 Å². The first kappa shape index (κ1) is 35.2. The molecule has 0 aromatic heterocycles. The van der Waals surface area contributed by atoms with Crippen molar-refractivity contribution < 1.29 is 34.8 Å². The van der Waals surface area contributed by atoms with Gasteiger partial charge in [-0.15, -0.1) is 0 Å². The highest BCUT2D eigenvalue weighted by molar-refractivity contribution is 5.85. The molecule has 234 valence electrons. The zero-order chi connectivity index (χ0) is 31.6. The highest BCUT2D eigenvalue weighted by atomic mass is 16.6. The Morgan fingerprint density at radius 2 is 1.19 bits per heavy atom. The molecule has 0 spiro atoms. The maximum atomic E-state index is 13.1. The maximum absolute atomic E-state index is 13.1. The molecule has 0 aliphatic heterocycles. The van der Waals surface area contributed by atoms with Crippen LogP contribution in [0.1, 0.15) is 52.7 Å². The van der Waals surface area contributed by atoms with Crippen molar-refractivity contribution in [3.8, 4) is 0 Å². The first-order chi connectivity index (χ1) is 19.6. The third-order valence-corrected chi connectivity index (χ3v) is 7.41. The van der Waals surface area contributed by atoms with Gasteiger partial charge in [0.15, 0.2) is 0 Å². The van der Waals surface area contributed by atoms with E-state index in [1.54, 1.807) is 34.6 Å². The fraction of sp³-hybridized carbons (Fsp3) is 0.562. The molecule has 0 heterocycles. The first-order valence-electron chi connectivity index (χ1n) is 14.3. The fourth-order valence-electron chi connectivity index (χ4n) is 4.20. The van der Waals surface area contributed by atoms with Crippen LogP contribution in [0.4, 0.5) is 4.79 Å². The van der Waals surface area contributed by atoms with E-state index >= 15 is 0 Å². The molecule has 0 saturated carbocycles. The molecule has 5 atom stereocenters. The number of aliphatic hydroxyl groups excluding tert-OH is 3. The third kappa shape index (κ3) is 11.0. The Kier molecular flexibility index (Phi) is 12.9. The largest absolute Gasteiger partial charge is 0.444 e. The summed E-state index contributed by atoms with van der Waals surface area (Å²) < 4.78 is 5.39. The smallest absolute Gasteiger partial charge is 0.407 e. The van der Waals surface area contributed by atoms with Crippen molar-refractivity contribution in [3.63, 3.8) is 0 Å². The molecule has 2 rings (SSSR count). The summed E-state index contributed by atoms with van der Waals surface area (Å²) in [6.07, 6.45) is -2.14. The number of aliphatic hydroxyl groups is 4. The summed E-state index contributed by atoms with van der Waals surface area (Å²) in [6, 6.07) is 17.3. The fourth-order valence-corrected chi connectivity index (χ4v) is 4.20. The lowest BCUT2D eigenvalue weighted by Crippen LogP contribution is -2.60. The van der Waals surface area contributed by atoms with Crippen molar-refractivity contribution in [2.24, 2.45) is 5.41 Å². The van der Waals surface area contributed by atoms with E-state index in [4.69, 9.17) is 4.74 Å². The van der Waals surface area contributed by atoms with Crippen molar-refractivity contribution in [2.45, 2.75) is 89.9 Å². The Morgan fingerprint density at radius 1 is 0.762 bits per heavy atom. The number of carbonyl (C=O) groups excluding carboxylic acids is 2. The lowest BCUT2D eigenvalue weighted by atomic mass is 9.76. The third-order valence-electron chi connectivity index (χ3n) is 7.41. The molecule has 2 aromatic rings. The zero-order valence-electron chi connectivity index (χ0n) is 25.6. The van der Waals surface area contributed by atoms with E-state index in [1.807, 2.05) is 60.7 Å². The number of alkyl carbamates (subject to hydrolysis) is 1. The molecule has 0 aliphatic carbocycles. The molecule has 42 heavy (non-hydrogen) atoms. The van der Waals surface area contributed by atoms with Crippen LogP contribution in [0.2, 0.25) is 0 Å². The van der Waals surface area contributed by atoms with Gasteiger partial charge in [-0.25, -0.2) is 4.79 Å². The van der Waals surface area contributed by atoms with Gasteiger partial charge in [0.05, 0.1) is 30.9 Å². The van der Waals surface area contributed by atoms with E-state index in [9.17, 15) is 30.0 Å². The summed E-state index contributed by atoms with van der Waals surface area (Å²) >= 11 is 0. The van der Waals surface area contributed by atoms with E-state index in [0.717, 1.165) is 11.1 Å². The molecule has 0 aliphatic rings. The van der Waals surface area contributed by atoms with Crippen molar-refractivity contribution in [3.05, 3.63) is 71.8 Å². The van der Waals surface area contributed by atoms with Gasteiger partial charge in [-0.2, -0.15) is 0 Å². The minimum absolute atomic E-state index is 0.00483. The highest BCUT2D eigenvalue weighted by Crippen LogP contribution is 2.30. The van der Waals surface area contributed by atoms with Crippen LogP contribution in [-0.2, 0) is 22.4 Å². The molecule has 10 heteroatoms. The Labute approximate surface area is 249 Å². The van der Waals surface area contributed by atoms with Crippen LogP contribution in [0.3, 0.4) is 0 Å². The van der Waals surface area contributed by atoms with Crippen LogP contribution in [0.5, 0.6) is 0 Å². The van der Waals surface area contributed by atoms with Gasteiger partial charge in [-0.05, 0) is 51.7 Å². The van der Waals surface area contributed by atoms with Crippen molar-refractivity contribution >= 4 is 12.0 Å². The van der Waals surface area contributed by atoms with Gasteiger partial charge in [0, 0.05) is 18.5 Å². The normalized spacial score (nSPS) is 16.4. The molecule has 0 saturated heterocycles. The second-order valence-electron chi connectivity index (χ2n) is 12.6. The van der Waals surface area contributed by atoms with Crippen LogP contribution in [0.15, 0.2) is 60.7 Å². The Bertz CT molecular complexity index is 1100. The number of carbonyl (C=O) groups is 2. The van der Waals surface area contributed by atoms with E-state index in [1.165, 1.54) is 6.92 Å². The van der Waals surface area contributed by atoms with E-state index in [2.05, 4.69) is 16.0 Å². The van der Waals surface area contributed by atoms with Gasteiger partial charge in [-0.3, -0.25) is 4.79 Å². The summed E-state index contributed by atoms with van der Waals surface area (Å²) in [5.74, 6) is -0.717. The van der Waals surface area contributed by atoms with Crippen LogP contribution in [0.25, 0.3) is 0 Å². The average Bonchev–Trinajstić information content (AvgIpc) is 2.92. The second kappa shape index (κ2) is 15.5. The molecular weight excluding hydrogens is 538 g/mol. The SMILES string of the molecule is CC(C)(C)OC(=O)N[C@@H](Cc1ccccc1)[C@H](O)CNCC(O)[C@H](Cc1ccccc1)NC(=O)C(C)(O)C(C)(C)CO. The molecular formula is C32H49N3O7. The Hall–Kier alpha value is -3.02. The molecule has 0 fully saturated rings. The van der Waals surface area contributed by atoms with Gasteiger partial charge in [0.2, 0.25) is 0 Å². The minimum Gasteiger partial charge on any atom is -0.444 e. The van der Waals surface area contributed by atoms with Crippen molar-refractivity contribution in [1.29, 1.82) is 0 Å². The summed E-state index contributed by atoms with van der Waals surface area (Å²) in [7, 11) is 0. The maximum Gasteiger partial charge on any atom is 0.407 e. The highest BCUT2D eigenvalue weighted by Gasteiger charge is 2.46. The van der Waals surface area contributed by atoms with Gasteiger partial charge < -0.3 is 41.1 Å². The number of benzene rings is 2. The second-order valence-corrected chi connectivity index (χ2v) is 12.6. The number of hydrogen-bond donors (Lipinski definition) is 7. The molecule has 0 radical (unpaired) electrons. The summed E-state index contributed by atoms with van der Waals surface area (Å²) in [4.78, 5) is 25.6. The summed E-state index contributed by atoms with van der Waals surface area (Å²) in [6.45, 7) is 9.39. The molecule has 10 nitrogen and oxygen atoms in total. The van der Waals surface area contributed by atoms with Crippen LogP contribution in [-0.4, -0.2) is 87.6 Å². The van der Waals surface area contributed by atoms with E-state index in [0.29, 0.717) is 6.42 Å². The van der Waals surface area contributed by atoms with Gasteiger partial charge in [-0.1, -0.05) is 74.5 Å². The van der Waals surface area contributed by atoms with Gasteiger partial charge in [0.25, 0.3) is 5.91 Å². The molecule has 2 aromatic carbocycles. The standard InChI is InChI=1S/C32H49N3O7/c1-30(2,3)42-29(40)35-25(18-23-15-11-8-12-16-23)27(38)20-33-19-26(37)24(17-22-13-9-7-10-14-22)34-28(39)32(6,41)31(4,5)21-36/h7-16,24-27,33,36-38,41H,17-21H2,1-6H3,(H,34,39)(H,35,40)/t24-,25-,26?,27+,32?/m0/s1. The zero-order valence-corrected chi connectivity index (χ0v) is 25.6. The van der Waals surface area contributed by atoms with Crippen LogP contribution in [0, 0.1) is 5.41 Å². The minimum atomic E-state index is -1.90. The molecule has 7 N–H and O–H groups in total. The number of hydrogen-bond acceptors (Lipinski definition) is 8. The Balaban J connectivity index is 2.11. The predicted molar refractivity (Wildman–Crippen MR) is 162 cm³/mol. The first-order valence-corrected chi connectivity index (χ1v) is 14.3. The van der Waals surface area contributed by atoms with Crippen molar-refractivity contribution in [1.82, 2.24) is 16.0 Å². The summed E-state index contributed by atoms with van der Waals surface area (Å²) in [5.41, 5.74) is -1.95. The quantitative estimate of drug-likeness (QED) is 0.166. The monoisotopic (exact) mass is 587 g/mol. The van der Waals surface area contributed by atoms with Gasteiger partial charge in [0.1, 0.15) is 11.2 Å². The molecule has 2 amide bonds. The number of amides is 2. The average molecular weight is 588 g/mol. The van der Waals surface area contributed by atoms with E-state index in [-0.39, 0.29) is 19.5 Å². The number of ether oxygens (including phenoxy) is 1. The lowest BCUT2D eigenvalue weighted by molar-refractivity contribution is -0.155.